The molecule has 17 heavy (non-hydrogen) atoms. The number of methoxy groups -OCH3 is 1. The van der Waals surface area contributed by atoms with Gasteiger partial charge in [0.15, 0.2) is 0 Å². The Morgan fingerprint density at radius 1 is 1.35 bits per heavy atom. The first-order chi connectivity index (χ1) is 8.01. The van der Waals surface area contributed by atoms with Crippen molar-refractivity contribution in [3.8, 4) is 0 Å². The third-order valence-electron chi connectivity index (χ3n) is 2.51. The molecule has 1 atom stereocenters. The lowest BCUT2D eigenvalue weighted by molar-refractivity contribution is 0.0600. The fourth-order valence-corrected chi connectivity index (χ4v) is 3.07. The van der Waals surface area contributed by atoms with Gasteiger partial charge in [-0.15, -0.1) is 0 Å². The lowest BCUT2D eigenvalue weighted by atomic mass is 10.2. The topological polar surface area (TPSA) is 63.6 Å². The van der Waals surface area contributed by atoms with Crippen LogP contribution in [0.5, 0.6) is 0 Å². The van der Waals surface area contributed by atoms with Crippen molar-refractivity contribution < 1.29 is 19.0 Å². The highest BCUT2D eigenvalue weighted by molar-refractivity contribution is 7.66. The fourth-order valence-electron chi connectivity index (χ4n) is 1.45. The Balaban J connectivity index is 2.87. The highest BCUT2D eigenvalue weighted by Gasteiger charge is 2.20. The van der Waals surface area contributed by atoms with Crippen LogP contribution in [0, 0.1) is 0 Å². The van der Waals surface area contributed by atoms with Crippen LogP contribution in [-0.4, -0.2) is 24.1 Å². The lowest BCUT2D eigenvalue weighted by Crippen LogP contribution is -2.09. The molecule has 0 bridgehead atoms. The summed E-state index contributed by atoms with van der Waals surface area (Å²) in [6.45, 7) is 1.97. The van der Waals surface area contributed by atoms with Crippen LogP contribution < -0.4 is 5.30 Å². The van der Waals surface area contributed by atoms with Crippen LogP contribution in [0.2, 0.25) is 0 Å². The molecule has 0 saturated carbocycles. The molecule has 94 valence electrons. The van der Waals surface area contributed by atoms with Gasteiger partial charge in [-0.05, 0) is 30.7 Å². The van der Waals surface area contributed by atoms with Gasteiger partial charge in [0.05, 0.1) is 12.7 Å². The molecule has 0 saturated heterocycles. The second-order valence-corrected chi connectivity index (χ2v) is 6.18. The van der Waals surface area contributed by atoms with Gasteiger partial charge in [-0.3, -0.25) is 4.57 Å². The number of benzene rings is 1. The first-order valence-corrected chi connectivity index (χ1v) is 7.36. The Kier molecular flexibility index (Phi) is 4.91. The Hall–Kier alpha value is -1.12. The molecule has 0 aliphatic carbocycles. The maximum atomic E-state index is 12.0. The molecule has 4 nitrogen and oxygen atoms in total. The first kappa shape index (κ1) is 13.9. The van der Waals surface area contributed by atoms with E-state index in [9.17, 15) is 14.3 Å². The largest absolute Gasteiger partial charge is 0.465 e. The Morgan fingerprint density at radius 2 is 1.94 bits per heavy atom. The molecule has 1 unspecified atom stereocenters. The van der Waals surface area contributed by atoms with E-state index in [0.717, 1.165) is 6.42 Å². The maximum Gasteiger partial charge on any atom is 0.337 e. The van der Waals surface area contributed by atoms with Crippen molar-refractivity contribution in [1.82, 2.24) is 0 Å². The van der Waals surface area contributed by atoms with Crippen LogP contribution in [0.3, 0.4) is 0 Å². The van der Waals surface area contributed by atoms with Crippen LogP contribution >= 0.6 is 7.37 Å². The van der Waals surface area contributed by atoms with Crippen molar-refractivity contribution in [2.75, 3.05) is 13.3 Å². The van der Waals surface area contributed by atoms with E-state index in [1.807, 2.05) is 6.92 Å². The Bertz CT molecular complexity index is 425. The van der Waals surface area contributed by atoms with E-state index in [1.165, 1.54) is 31.4 Å². The highest BCUT2D eigenvalue weighted by Crippen LogP contribution is 2.40. The molecule has 5 heteroatoms. The molecule has 0 spiro atoms. The van der Waals surface area contributed by atoms with Gasteiger partial charge in [0, 0.05) is 11.5 Å². The number of carbonyl (C=O) groups is 1. The van der Waals surface area contributed by atoms with Gasteiger partial charge in [-0.2, -0.15) is 0 Å². The van der Waals surface area contributed by atoms with Crippen molar-refractivity contribution >= 4 is 18.6 Å². The molecule has 1 aromatic carbocycles. The summed E-state index contributed by atoms with van der Waals surface area (Å²) in [5.41, 5.74) is 0.381. The molecule has 0 aliphatic heterocycles. The number of carbonyl (C=O) groups excluding carboxylic acids is 1. The SMILES string of the molecule is CCCCP(=O)(O)c1ccc(C(=O)OC)cc1. The van der Waals surface area contributed by atoms with Gasteiger partial charge < -0.3 is 9.63 Å². The van der Waals surface area contributed by atoms with Crippen molar-refractivity contribution in [1.29, 1.82) is 0 Å². The molecular weight excluding hydrogens is 239 g/mol. The molecule has 0 fully saturated rings. The summed E-state index contributed by atoms with van der Waals surface area (Å²) >= 11 is 0. The quantitative estimate of drug-likeness (QED) is 0.647. The van der Waals surface area contributed by atoms with E-state index >= 15 is 0 Å². The van der Waals surface area contributed by atoms with Gasteiger partial charge in [-0.25, -0.2) is 4.79 Å². The average Bonchev–Trinajstić information content (AvgIpc) is 2.35. The van der Waals surface area contributed by atoms with Crippen LogP contribution in [0.4, 0.5) is 0 Å². The van der Waals surface area contributed by atoms with E-state index in [1.54, 1.807) is 0 Å². The monoisotopic (exact) mass is 256 g/mol. The van der Waals surface area contributed by atoms with Gasteiger partial charge in [0.25, 0.3) is 0 Å². The third-order valence-corrected chi connectivity index (χ3v) is 4.53. The zero-order valence-corrected chi connectivity index (χ0v) is 10.9. The van der Waals surface area contributed by atoms with Gasteiger partial charge in [-0.1, -0.05) is 13.3 Å². The maximum absolute atomic E-state index is 12.0. The molecule has 0 aromatic heterocycles. The van der Waals surface area contributed by atoms with Crippen LogP contribution in [-0.2, 0) is 9.30 Å². The third kappa shape index (κ3) is 3.69. The summed E-state index contributed by atoms with van der Waals surface area (Å²) in [5, 5.41) is 0.388. The smallest absolute Gasteiger partial charge is 0.337 e. The second kappa shape index (κ2) is 5.99. The summed E-state index contributed by atoms with van der Waals surface area (Å²) < 4.78 is 16.5. The number of ether oxygens (including phenoxy) is 1. The zero-order valence-electron chi connectivity index (χ0n) is 10.0. The molecule has 0 aliphatic rings. The van der Waals surface area contributed by atoms with Gasteiger partial charge in [0.1, 0.15) is 0 Å². The molecular formula is C12H17O4P. The zero-order chi connectivity index (χ0) is 12.9. The molecule has 1 aromatic rings. The second-order valence-electron chi connectivity index (χ2n) is 3.82. The van der Waals surface area contributed by atoms with E-state index in [0.29, 0.717) is 17.3 Å². The van der Waals surface area contributed by atoms with Gasteiger partial charge >= 0.3 is 5.97 Å². The number of unbranched alkanes of at least 4 members (excludes halogenated alkanes) is 1. The average molecular weight is 256 g/mol. The number of rotatable bonds is 5. The molecule has 1 N–H and O–H groups in total. The predicted molar refractivity (Wildman–Crippen MR) is 67.0 cm³/mol. The molecule has 0 heterocycles. The van der Waals surface area contributed by atoms with Gasteiger partial charge in [0.2, 0.25) is 7.37 Å². The molecule has 0 radical (unpaired) electrons. The van der Waals surface area contributed by atoms with E-state index in [-0.39, 0.29) is 6.16 Å². The van der Waals surface area contributed by atoms with E-state index in [4.69, 9.17) is 0 Å². The predicted octanol–water partition coefficient (Wildman–Crippen LogP) is 2.17. The van der Waals surface area contributed by atoms with Crippen LogP contribution in [0.15, 0.2) is 24.3 Å². The van der Waals surface area contributed by atoms with Crippen molar-refractivity contribution in [3.63, 3.8) is 0 Å². The van der Waals surface area contributed by atoms with Crippen molar-refractivity contribution in [3.05, 3.63) is 29.8 Å². The minimum absolute atomic E-state index is 0.279. The van der Waals surface area contributed by atoms with Crippen LogP contribution in [0.1, 0.15) is 30.1 Å². The fraction of sp³-hybridized carbons (Fsp3) is 0.417. The van der Waals surface area contributed by atoms with Crippen molar-refractivity contribution in [2.24, 2.45) is 0 Å². The summed E-state index contributed by atoms with van der Waals surface area (Å²) in [5.74, 6) is -0.446. The summed E-state index contributed by atoms with van der Waals surface area (Å²) in [6.07, 6.45) is 1.87. The lowest BCUT2D eigenvalue weighted by Gasteiger charge is -2.11. The standard InChI is InChI=1S/C12H17O4P/c1-3-4-9-17(14,15)11-7-5-10(6-8-11)12(13)16-2/h5-8H,3-4,9H2,1-2H3,(H,14,15). The number of hydrogen-bond donors (Lipinski definition) is 1. The van der Waals surface area contributed by atoms with Crippen molar-refractivity contribution in [2.45, 2.75) is 19.8 Å². The summed E-state index contributed by atoms with van der Waals surface area (Å²) in [6, 6.07) is 6.05. The minimum Gasteiger partial charge on any atom is -0.465 e. The summed E-state index contributed by atoms with van der Waals surface area (Å²) in [7, 11) is -1.97. The van der Waals surface area contributed by atoms with Crippen LogP contribution in [0.25, 0.3) is 0 Å². The minimum atomic E-state index is -3.27. The Morgan fingerprint density at radius 3 is 2.41 bits per heavy atom. The normalized spacial score (nSPS) is 14.1. The van der Waals surface area contributed by atoms with E-state index < -0.39 is 13.3 Å². The summed E-state index contributed by atoms with van der Waals surface area (Å²) in [4.78, 5) is 21.0. The number of esters is 1. The first-order valence-electron chi connectivity index (χ1n) is 5.52. The Labute approximate surface area is 101 Å². The number of hydrogen-bond acceptors (Lipinski definition) is 3. The van der Waals surface area contributed by atoms with E-state index in [2.05, 4.69) is 4.74 Å². The highest BCUT2D eigenvalue weighted by atomic mass is 31.2. The molecule has 0 amide bonds. The molecule has 1 rings (SSSR count).